The fourth-order valence-corrected chi connectivity index (χ4v) is 1.98. The van der Waals surface area contributed by atoms with E-state index in [1.54, 1.807) is 18.2 Å². The monoisotopic (exact) mass is 313 g/mol. The first kappa shape index (κ1) is 16.7. The highest BCUT2D eigenvalue weighted by Crippen LogP contribution is 2.19. The number of hydrogen-bond donors (Lipinski definition) is 1. The van der Waals surface area contributed by atoms with Gasteiger partial charge in [-0.05, 0) is 36.3 Å². The van der Waals surface area contributed by atoms with Crippen LogP contribution in [0.25, 0.3) is 6.08 Å². The lowest BCUT2D eigenvalue weighted by Crippen LogP contribution is -2.20. The van der Waals surface area contributed by atoms with Crippen LogP contribution in [0.3, 0.4) is 0 Å². The lowest BCUT2D eigenvalue weighted by atomic mass is 10.2. The Morgan fingerprint density at radius 3 is 2.65 bits per heavy atom. The normalized spacial score (nSPS) is 10.7. The van der Waals surface area contributed by atoms with E-state index in [-0.39, 0.29) is 11.7 Å². The second-order valence-corrected chi connectivity index (χ2v) is 5.06. The van der Waals surface area contributed by atoms with Crippen LogP contribution in [-0.2, 0) is 11.3 Å². The topological polar surface area (TPSA) is 38.3 Å². The van der Waals surface area contributed by atoms with Crippen molar-refractivity contribution < 1.29 is 13.9 Å². The van der Waals surface area contributed by atoms with E-state index in [9.17, 15) is 9.18 Å². The Kier molecular flexibility index (Phi) is 6.36. The molecule has 2 aromatic rings. The summed E-state index contributed by atoms with van der Waals surface area (Å²) in [6, 6.07) is 13.6. The van der Waals surface area contributed by atoms with Gasteiger partial charge < -0.3 is 10.1 Å². The van der Waals surface area contributed by atoms with Crippen LogP contribution in [0.4, 0.5) is 4.39 Å². The Balaban J connectivity index is 1.91. The fraction of sp³-hybridized carbons (Fsp3) is 0.211. The van der Waals surface area contributed by atoms with Crippen LogP contribution in [0.15, 0.2) is 54.6 Å². The largest absolute Gasteiger partial charge is 0.493 e. The Hall–Kier alpha value is -2.62. The summed E-state index contributed by atoms with van der Waals surface area (Å²) in [6.45, 7) is 3.04. The van der Waals surface area contributed by atoms with Crippen molar-refractivity contribution in [2.45, 2.75) is 19.9 Å². The van der Waals surface area contributed by atoms with E-state index >= 15 is 0 Å². The third-order valence-electron chi connectivity index (χ3n) is 3.17. The first-order valence-electron chi connectivity index (χ1n) is 7.61. The van der Waals surface area contributed by atoms with Gasteiger partial charge in [-0.25, -0.2) is 4.39 Å². The van der Waals surface area contributed by atoms with E-state index in [4.69, 9.17) is 4.74 Å². The molecule has 4 heteroatoms. The first-order chi connectivity index (χ1) is 11.2. The summed E-state index contributed by atoms with van der Waals surface area (Å²) in [5.74, 6) is 0.264. The zero-order chi connectivity index (χ0) is 16.5. The molecule has 1 amide bonds. The van der Waals surface area contributed by atoms with Crippen LogP contribution < -0.4 is 10.1 Å². The molecular formula is C19H20FNO2. The number of carbonyl (C=O) groups excluding carboxylic acids is 1. The molecule has 23 heavy (non-hydrogen) atoms. The van der Waals surface area contributed by atoms with Gasteiger partial charge in [0, 0.05) is 18.2 Å². The summed E-state index contributed by atoms with van der Waals surface area (Å²) >= 11 is 0. The summed E-state index contributed by atoms with van der Waals surface area (Å²) in [5.41, 5.74) is 1.71. The molecule has 2 rings (SSSR count). The Morgan fingerprint density at radius 2 is 1.91 bits per heavy atom. The van der Waals surface area contributed by atoms with Crippen molar-refractivity contribution >= 4 is 12.0 Å². The molecule has 120 valence electrons. The predicted molar refractivity (Wildman–Crippen MR) is 89.5 cm³/mol. The van der Waals surface area contributed by atoms with Crippen LogP contribution in [0.1, 0.15) is 24.5 Å². The predicted octanol–water partition coefficient (Wildman–Crippen LogP) is 3.94. The summed E-state index contributed by atoms with van der Waals surface area (Å²) in [5, 5.41) is 2.76. The molecule has 0 heterocycles. The maximum atomic E-state index is 12.8. The van der Waals surface area contributed by atoms with E-state index in [2.05, 4.69) is 5.32 Å². The molecule has 0 radical (unpaired) electrons. The summed E-state index contributed by atoms with van der Waals surface area (Å²) < 4.78 is 18.5. The number of para-hydroxylation sites is 1. The van der Waals surface area contributed by atoms with Gasteiger partial charge in [0.25, 0.3) is 0 Å². The molecule has 0 aromatic heterocycles. The molecule has 0 spiro atoms. The van der Waals surface area contributed by atoms with Crippen LogP contribution in [0, 0.1) is 5.82 Å². The highest BCUT2D eigenvalue weighted by molar-refractivity contribution is 5.92. The van der Waals surface area contributed by atoms with Crippen molar-refractivity contribution in [1.29, 1.82) is 0 Å². The molecular weight excluding hydrogens is 293 g/mol. The summed E-state index contributed by atoms with van der Waals surface area (Å²) in [4.78, 5) is 11.9. The molecule has 1 N–H and O–H groups in total. The molecule has 0 saturated heterocycles. The molecule has 2 aromatic carbocycles. The van der Waals surface area contributed by atoms with Gasteiger partial charge in [0.15, 0.2) is 0 Å². The van der Waals surface area contributed by atoms with Crippen molar-refractivity contribution in [3.8, 4) is 5.75 Å². The van der Waals surface area contributed by atoms with Crippen LogP contribution in [0.2, 0.25) is 0 Å². The average molecular weight is 313 g/mol. The number of halogens is 1. The molecule has 0 bridgehead atoms. The lowest BCUT2D eigenvalue weighted by Gasteiger charge is -2.07. The number of amides is 1. The van der Waals surface area contributed by atoms with Crippen molar-refractivity contribution in [2.75, 3.05) is 6.61 Å². The molecule has 0 saturated carbocycles. The lowest BCUT2D eigenvalue weighted by molar-refractivity contribution is -0.116. The van der Waals surface area contributed by atoms with E-state index in [0.29, 0.717) is 13.2 Å². The Bertz CT molecular complexity index is 665. The zero-order valence-corrected chi connectivity index (χ0v) is 13.1. The smallest absolute Gasteiger partial charge is 0.244 e. The molecule has 0 aliphatic heterocycles. The number of nitrogens with one attached hydrogen (secondary N) is 1. The quantitative estimate of drug-likeness (QED) is 0.786. The van der Waals surface area contributed by atoms with Crippen molar-refractivity contribution in [2.24, 2.45) is 0 Å². The van der Waals surface area contributed by atoms with E-state index in [0.717, 1.165) is 23.3 Å². The molecule has 0 atom stereocenters. The standard InChI is InChI=1S/C19H20FNO2/c1-2-13-23-18-6-4-3-5-16(18)9-12-19(22)21-14-15-7-10-17(20)11-8-15/h3-12H,2,13-14H2,1H3,(H,21,22)/b12-9+. The van der Waals surface area contributed by atoms with Crippen LogP contribution >= 0.6 is 0 Å². The summed E-state index contributed by atoms with van der Waals surface area (Å²) in [6.07, 6.45) is 4.12. The number of hydrogen-bond acceptors (Lipinski definition) is 2. The van der Waals surface area contributed by atoms with Gasteiger partial charge in [-0.1, -0.05) is 37.3 Å². The molecule has 0 aliphatic rings. The van der Waals surface area contributed by atoms with Gasteiger partial charge in [-0.15, -0.1) is 0 Å². The van der Waals surface area contributed by atoms with Gasteiger partial charge in [0.1, 0.15) is 11.6 Å². The van der Waals surface area contributed by atoms with Crippen molar-refractivity contribution in [1.82, 2.24) is 5.32 Å². The molecule has 3 nitrogen and oxygen atoms in total. The second-order valence-electron chi connectivity index (χ2n) is 5.06. The molecule has 0 unspecified atom stereocenters. The SMILES string of the molecule is CCCOc1ccccc1/C=C/C(=O)NCc1ccc(F)cc1. The minimum atomic E-state index is -0.288. The van der Waals surface area contributed by atoms with Crippen LogP contribution in [-0.4, -0.2) is 12.5 Å². The number of ether oxygens (including phenoxy) is 1. The van der Waals surface area contributed by atoms with E-state index < -0.39 is 0 Å². The highest BCUT2D eigenvalue weighted by Gasteiger charge is 2.01. The second kappa shape index (κ2) is 8.73. The number of rotatable bonds is 7. The minimum absolute atomic E-state index is 0.209. The highest BCUT2D eigenvalue weighted by atomic mass is 19.1. The van der Waals surface area contributed by atoms with Gasteiger partial charge in [-0.3, -0.25) is 4.79 Å². The molecule has 0 fully saturated rings. The fourth-order valence-electron chi connectivity index (χ4n) is 1.98. The Morgan fingerprint density at radius 1 is 1.17 bits per heavy atom. The first-order valence-corrected chi connectivity index (χ1v) is 7.61. The third-order valence-corrected chi connectivity index (χ3v) is 3.17. The van der Waals surface area contributed by atoms with Gasteiger partial charge in [-0.2, -0.15) is 0 Å². The average Bonchev–Trinajstić information content (AvgIpc) is 2.58. The third kappa shape index (κ3) is 5.58. The maximum Gasteiger partial charge on any atom is 0.244 e. The van der Waals surface area contributed by atoms with Gasteiger partial charge >= 0.3 is 0 Å². The maximum absolute atomic E-state index is 12.8. The zero-order valence-electron chi connectivity index (χ0n) is 13.1. The summed E-state index contributed by atoms with van der Waals surface area (Å²) in [7, 11) is 0. The van der Waals surface area contributed by atoms with E-state index in [1.807, 2.05) is 31.2 Å². The molecule has 0 aliphatic carbocycles. The Labute approximate surface area is 135 Å². The van der Waals surface area contributed by atoms with Crippen LogP contribution in [0.5, 0.6) is 5.75 Å². The number of carbonyl (C=O) groups is 1. The minimum Gasteiger partial charge on any atom is -0.493 e. The number of benzene rings is 2. The van der Waals surface area contributed by atoms with Crippen molar-refractivity contribution in [3.63, 3.8) is 0 Å². The van der Waals surface area contributed by atoms with Crippen molar-refractivity contribution in [3.05, 3.63) is 71.6 Å². The van der Waals surface area contributed by atoms with Gasteiger partial charge in [0.2, 0.25) is 5.91 Å². The van der Waals surface area contributed by atoms with Gasteiger partial charge in [0.05, 0.1) is 6.61 Å². The van der Waals surface area contributed by atoms with E-state index in [1.165, 1.54) is 18.2 Å².